The van der Waals surface area contributed by atoms with Gasteiger partial charge in [-0.25, -0.2) is 0 Å². The first kappa shape index (κ1) is 23.8. The van der Waals surface area contributed by atoms with Crippen molar-refractivity contribution in [2.75, 3.05) is 13.6 Å². The maximum absolute atomic E-state index is 13.1. The number of likely N-dealkylation sites (N-methyl/N-ethyl adjacent to an activating group) is 1. The molecular formula is C25H26ClN3O5. The fourth-order valence-corrected chi connectivity index (χ4v) is 3.90. The molecule has 1 atom stereocenters. The standard InChI is InChI=1S/C25H26ClN3O5/c1-3-29-14-20(24(32)27-12-16-6-8-17(26)9-7-16)23(31)19-11-18(34-25(19)29)13-28(2)15-21(30)22-5-4-10-33-22/h4-11,14,21,30H,3,12-13,15H2,1-2H3,(H,27,32)/t21-/m1/s1. The molecule has 0 aliphatic heterocycles. The lowest BCUT2D eigenvalue weighted by Crippen LogP contribution is -2.29. The highest BCUT2D eigenvalue weighted by molar-refractivity contribution is 6.30. The Bertz CT molecular complexity index is 1330. The van der Waals surface area contributed by atoms with Crippen molar-refractivity contribution in [1.29, 1.82) is 0 Å². The van der Waals surface area contributed by atoms with Crippen LogP contribution in [0.25, 0.3) is 11.1 Å². The number of aliphatic hydroxyl groups excluding tert-OH is 1. The number of nitrogens with zero attached hydrogens (tertiary/aromatic N) is 2. The predicted octanol–water partition coefficient (Wildman–Crippen LogP) is 3.96. The summed E-state index contributed by atoms with van der Waals surface area (Å²) in [7, 11) is 1.83. The molecule has 8 nitrogen and oxygen atoms in total. The SMILES string of the molecule is CCn1cc(C(=O)NCc2ccc(Cl)cc2)c(=O)c2cc(CN(C)C[C@@H](O)c3ccco3)oc21. The lowest BCUT2D eigenvalue weighted by atomic mass is 10.1. The number of halogens is 1. The Kier molecular flexibility index (Phi) is 7.21. The first-order valence-corrected chi connectivity index (χ1v) is 11.3. The molecule has 178 valence electrons. The van der Waals surface area contributed by atoms with Gasteiger partial charge in [0.1, 0.15) is 23.2 Å². The lowest BCUT2D eigenvalue weighted by Gasteiger charge is -2.18. The largest absolute Gasteiger partial charge is 0.467 e. The van der Waals surface area contributed by atoms with E-state index in [-0.39, 0.29) is 17.5 Å². The van der Waals surface area contributed by atoms with Crippen molar-refractivity contribution < 1.29 is 18.7 Å². The summed E-state index contributed by atoms with van der Waals surface area (Å²) in [4.78, 5) is 27.8. The van der Waals surface area contributed by atoms with E-state index in [0.717, 1.165) is 5.56 Å². The first-order chi connectivity index (χ1) is 16.4. The van der Waals surface area contributed by atoms with Crippen molar-refractivity contribution in [2.24, 2.45) is 0 Å². The van der Waals surface area contributed by atoms with E-state index in [1.807, 2.05) is 31.0 Å². The molecule has 0 aliphatic rings. The van der Waals surface area contributed by atoms with Crippen LogP contribution in [0.1, 0.15) is 40.5 Å². The molecule has 3 heterocycles. The number of aromatic nitrogens is 1. The summed E-state index contributed by atoms with van der Waals surface area (Å²) in [6, 6.07) is 12.2. The number of rotatable bonds is 9. The molecular weight excluding hydrogens is 458 g/mol. The molecule has 4 aromatic rings. The molecule has 0 unspecified atom stereocenters. The van der Waals surface area contributed by atoms with Gasteiger partial charge in [-0.2, -0.15) is 0 Å². The van der Waals surface area contributed by atoms with Crippen molar-refractivity contribution in [3.63, 3.8) is 0 Å². The zero-order chi connectivity index (χ0) is 24.2. The quantitative estimate of drug-likeness (QED) is 0.374. The molecule has 1 aromatic carbocycles. The van der Waals surface area contributed by atoms with Crippen molar-refractivity contribution in [3.05, 3.63) is 92.8 Å². The molecule has 0 aliphatic carbocycles. The Morgan fingerprint density at radius 3 is 2.71 bits per heavy atom. The second-order valence-electron chi connectivity index (χ2n) is 8.13. The zero-order valence-electron chi connectivity index (χ0n) is 19.0. The number of pyridine rings is 1. The zero-order valence-corrected chi connectivity index (χ0v) is 19.7. The Hall–Kier alpha value is -3.33. The summed E-state index contributed by atoms with van der Waals surface area (Å²) in [6.45, 7) is 3.40. The number of fused-ring (bicyclic) bond motifs is 1. The van der Waals surface area contributed by atoms with Crippen molar-refractivity contribution in [3.8, 4) is 0 Å². The third-order valence-electron chi connectivity index (χ3n) is 5.53. The molecule has 0 spiro atoms. The highest BCUT2D eigenvalue weighted by atomic mass is 35.5. The van der Waals surface area contributed by atoms with Gasteiger partial charge >= 0.3 is 0 Å². The molecule has 9 heteroatoms. The Balaban J connectivity index is 1.52. The van der Waals surface area contributed by atoms with Gasteiger partial charge < -0.3 is 23.8 Å². The van der Waals surface area contributed by atoms with Crippen LogP contribution >= 0.6 is 11.6 Å². The molecule has 34 heavy (non-hydrogen) atoms. The van der Waals surface area contributed by atoms with Crippen molar-refractivity contribution in [1.82, 2.24) is 14.8 Å². The average molecular weight is 484 g/mol. The van der Waals surface area contributed by atoms with E-state index in [2.05, 4.69) is 5.32 Å². The molecule has 0 saturated carbocycles. The number of carbonyl (C=O) groups is 1. The smallest absolute Gasteiger partial charge is 0.257 e. The van der Waals surface area contributed by atoms with E-state index in [1.165, 1.54) is 12.5 Å². The minimum atomic E-state index is -0.782. The second kappa shape index (κ2) is 10.3. The fourth-order valence-electron chi connectivity index (χ4n) is 3.78. The normalized spacial score (nSPS) is 12.4. The highest BCUT2D eigenvalue weighted by Crippen LogP contribution is 2.21. The number of aryl methyl sites for hydroxylation is 1. The van der Waals surface area contributed by atoms with E-state index < -0.39 is 12.0 Å². The van der Waals surface area contributed by atoms with E-state index >= 15 is 0 Å². The summed E-state index contributed by atoms with van der Waals surface area (Å²) in [5.41, 5.74) is 0.954. The Morgan fingerprint density at radius 1 is 1.26 bits per heavy atom. The number of nitrogens with one attached hydrogen (secondary N) is 1. The monoisotopic (exact) mass is 483 g/mol. The van der Waals surface area contributed by atoms with Gasteiger partial charge in [-0.3, -0.25) is 14.5 Å². The minimum Gasteiger partial charge on any atom is -0.467 e. The van der Waals surface area contributed by atoms with Gasteiger partial charge in [-0.15, -0.1) is 0 Å². The maximum Gasteiger partial charge on any atom is 0.257 e. The van der Waals surface area contributed by atoms with Gasteiger partial charge in [0.15, 0.2) is 0 Å². The predicted molar refractivity (Wildman–Crippen MR) is 129 cm³/mol. The van der Waals surface area contributed by atoms with E-state index in [1.54, 1.807) is 34.9 Å². The van der Waals surface area contributed by atoms with Gasteiger partial charge in [0, 0.05) is 30.9 Å². The van der Waals surface area contributed by atoms with Crippen LogP contribution in [-0.4, -0.2) is 34.1 Å². The number of furan rings is 2. The van der Waals surface area contributed by atoms with Gasteiger partial charge in [0.25, 0.3) is 5.91 Å². The van der Waals surface area contributed by atoms with Gasteiger partial charge in [-0.1, -0.05) is 23.7 Å². The van der Waals surface area contributed by atoms with E-state index in [9.17, 15) is 14.7 Å². The van der Waals surface area contributed by atoms with Crippen LogP contribution in [0.15, 0.2) is 68.6 Å². The van der Waals surface area contributed by atoms with Crippen LogP contribution in [0.5, 0.6) is 0 Å². The maximum atomic E-state index is 13.1. The highest BCUT2D eigenvalue weighted by Gasteiger charge is 2.20. The number of hydrogen-bond acceptors (Lipinski definition) is 6. The van der Waals surface area contributed by atoms with E-state index in [0.29, 0.717) is 47.3 Å². The molecule has 0 fully saturated rings. The Morgan fingerprint density at radius 2 is 2.03 bits per heavy atom. The van der Waals surface area contributed by atoms with Crippen LogP contribution in [0.3, 0.4) is 0 Å². The summed E-state index contributed by atoms with van der Waals surface area (Å²) in [5, 5.41) is 14.0. The number of carbonyl (C=O) groups excluding carboxylic acids is 1. The molecule has 0 bridgehead atoms. The van der Waals surface area contributed by atoms with Crippen molar-refractivity contribution >= 4 is 28.6 Å². The number of amides is 1. The van der Waals surface area contributed by atoms with Crippen molar-refractivity contribution in [2.45, 2.75) is 32.7 Å². The summed E-state index contributed by atoms with van der Waals surface area (Å²) < 4.78 is 12.9. The third-order valence-corrected chi connectivity index (χ3v) is 5.78. The molecule has 2 N–H and O–H groups in total. The van der Waals surface area contributed by atoms with Crippen LogP contribution < -0.4 is 10.7 Å². The van der Waals surface area contributed by atoms with E-state index in [4.69, 9.17) is 20.4 Å². The van der Waals surface area contributed by atoms with Crippen LogP contribution in [0.2, 0.25) is 5.02 Å². The van der Waals surface area contributed by atoms with Gasteiger partial charge in [0.2, 0.25) is 11.1 Å². The fraction of sp³-hybridized carbons (Fsp3) is 0.280. The number of aliphatic hydroxyl groups is 1. The van der Waals surface area contributed by atoms with Gasteiger partial charge in [-0.05, 0) is 49.9 Å². The number of hydrogen-bond donors (Lipinski definition) is 2. The average Bonchev–Trinajstić information content (AvgIpc) is 3.49. The Labute approximate surface area is 201 Å². The third kappa shape index (κ3) is 5.25. The molecule has 0 saturated heterocycles. The molecule has 0 radical (unpaired) electrons. The number of benzene rings is 1. The van der Waals surface area contributed by atoms with Gasteiger partial charge in [0.05, 0.1) is 18.2 Å². The van der Waals surface area contributed by atoms with Crippen LogP contribution in [0, 0.1) is 0 Å². The summed E-state index contributed by atoms with van der Waals surface area (Å²) in [6.07, 6.45) is 2.26. The molecule has 3 aromatic heterocycles. The first-order valence-electron chi connectivity index (χ1n) is 10.9. The summed E-state index contributed by atoms with van der Waals surface area (Å²) in [5.74, 6) is 0.587. The molecule has 4 rings (SSSR count). The lowest BCUT2D eigenvalue weighted by molar-refractivity contribution is 0.0949. The van der Waals surface area contributed by atoms with Crippen LogP contribution in [-0.2, 0) is 19.6 Å². The summed E-state index contributed by atoms with van der Waals surface area (Å²) >= 11 is 5.90. The topological polar surface area (TPSA) is 101 Å². The second-order valence-corrected chi connectivity index (χ2v) is 8.56. The minimum absolute atomic E-state index is 0.0530. The van der Waals surface area contributed by atoms with Crippen LogP contribution in [0.4, 0.5) is 0 Å². The molecule has 1 amide bonds.